The van der Waals surface area contributed by atoms with Crippen molar-refractivity contribution in [3.63, 3.8) is 0 Å². The first kappa shape index (κ1) is 25.1. The summed E-state index contributed by atoms with van der Waals surface area (Å²) in [5.74, 6) is -2.45. The number of anilines is 1. The van der Waals surface area contributed by atoms with E-state index in [1.807, 2.05) is 37.3 Å². The molecule has 0 amide bonds. The van der Waals surface area contributed by atoms with Crippen LogP contribution in [-0.4, -0.2) is 47.4 Å². The molecular formula is C26H27N3O6S. The van der Waals surface area contributed by atoms with Crippen LogP contribution in [0.3, 0.4) is 0 Å². The largest absolute Gasteiger partial charge is 0.504 e. The van der Waals surface area contributed by atoms with E-state index >= 15 is 0 Å². The summed E-state index contributed by atoms with van der Waals surface area (Å²) in [6.07, 6.45) is 0. The van der Waals surface area contributed by atoms with Crippen molar-refractivity contribution in [2.75, 3.05) is 19.5 Å². The van der Waals surface area contributed by atoms with Crippen LogP contribution < -0.4 is 10.6 Å². The van der Waals surface area contributed by atoms with Crippen molar-refractivity contribution < 1.29 is 29.3 Å². The van der Waals surface area contributed by atoms with Gasteiger partial charge in [-0.15, -0.1) is 11.3 Å². The van der Waals surface area contributed by atoms with Crippen molar-refractivity contribution in [2.45, 2.75) is 25.4 Å². The second-order valence-corrected chi connectivity index (χ2v) is 9.45. The van der Waals surface area contributed by atoms with E-state index in [2.05, 4.69) is 15.6 Å². The van der Waals surface area contributed by atoms with Gasteiger partial charge < -0.3 is 30.3 Å². The van der Waals surface area contributed by atoms with Gasteiger partial charge in [0.05, 0.1) is 37.1 Å². The lowest BCUT2D eigenvalue weighted by molar-refractivity contribution is -0.149. The molecule has 1 aliphatic rings. The first-order chi connectivity index (χ1) is 17.2. The molecule has 3 unspecified atom stereocenters. The fraction of sp³-hybridized carbons (Fsp3) is 0.269. The van der Waals surface area contributed by atoms with E-state index in [-0.39, 0.29) is 17.1 Å². The van der Waals surface area contributed by atoms with Crippen LogP contribution in [0.4, 0.5) is 5.13 Å². The minimum atomic E-state index is -0.920. The molecule has 0 saturated heterocycles. The van der Waals surface area contributed by atoms with Gasteiger partial charge in [-0.3, -0.25) is 4.79 Å². The molecule has 0 radical (unpaired) electrons. The summed E-state index contributed by atoms with van der Waals surface area (Å²) < 4.78 is 10.3. The van der Waals surface area contributed by atoms with Gasteiger partial charge in [-0.2, -0.15) is 0 Å². The van der Waals surface area contributed by atoms with Crippen molar-refractivity contribution in [1.29, 1.82) is 0 Å². The molecule has 2 aromatic carbocycles. The van der Waals surface area contributed by atoms with Crippen LogP contribution >= 0.6 is 11.3 Å². The molecule has 4 rings (SSSR count). The Labute approximate surface area is 212 Å². The van der Waals surface area contributed by atoms with Gasteiger partial charge in [-0.25, -0.2) is 9.78 Å². The highest BCUT2D eigenvalue weighted by Gasteiger charge is 2.52. The SMILES string of the molecule is COC(=O)C1=C(C)NC(C)(c2ccccc2)C(C(=O)OC)C1Nc1nc(-c2ccc(O)c(O)c2)cs1. The van der Waals surface area contributed by atoms with Gasteiger partial charge in [0.2, 0.25) is 0 Å². The Morgan fingerprint density at radius 3 is 2.44 bits per heavy atom. The fourth-order valence-corrected chi connectivity index (χ4v) is 5.39. The monoisotopic (exact) mass is 509 g/mol. The van der Waals surface area contributed by atoms with E-state index in [9.17, 15) is 19.8 Å². The number of nitrogens with one attached hydrogen (secondary N) is 2. The summed E-state index contributed by atoms with van der Waals surface area (Å²) in [6.45, 7) is 3.66. The van der Waals surface area contributed by atoms with Crippen LogP contribution in [0.2, 0.25) is 0 Å². The average molecular weight is 510 g/mol. The molecule has 3 atom stereocenters. The molecule has 10 heteroatoms. The second kappa shape index (κ2) is 9.90. The van der Waals surface area contributed by atoms with Crippen LogP contribution in [0, 0.1) is 5.92 Å². The van der Waals surface area contributed by atoms with Crippen molar-refractivity contribution in [1.82, 2.24) is 10.3 Å². The number of aromatic hydroxyl groups is 2. The Morgan fingerprint density at radius 2 is 1.81 bits per heavy atom. The van der Waals surface area contributed by atoms with E-state index in [0.29, 0.717) is 22.1 Å². The number of thiazole rings is 1. The van der Waals surface area contributed by atoms with Gasteiger partial charge in [0.15, 0.2) is 16.6 Å². The number of aromatic nitrogens is 1. The maximum absolute atomic E-state index is 13.3. The number of phenols is 2. The molecule has 3 aromatic rings. The highest BCUT2D eigenvalue weighted by atomic mass is 32.1. The Bertz CT molecular complexity index is 1320. The molecule has 0 saturated carbocycles. The molecule has 0 aliphatic carbocycles. The first-order valence-corrected chi connectivity index (χ1v) is 12.0. The molecule has 0 bridgehead atoms. The Balaban J connectivity index is 1.80. The zero-order chi connectivity index (χ0) is 26.0. The van der Waals surface area contributed by atoms with E-state index in [1.54, 1.807) is 18.4 Å². The second-order valence-electron chi connectivity index (χ2n) is 8.59. The fourth-order valence-electron chi connectivity index (χ4n) is 4.64. The summed E-state index contributed by atoms with van der Waals surface area (Å²) >= 11 is 1.27. The lowest BCUT2D eigenvalue weighted by atomic mass is 9.70. The van der Waals surface area contributed by atoms with Crippen molar-refractivity contribution in [2.24, 2.45) is 5.92 Å². The Hall–Kier alpha value is -4.05. The molecule has 0 spiro atoms. The van der Waals surface area contributed by atoms with Gasteiger partial charge in [-0.05, 0) is 37.6 Å². The molecule has 36 heavy (non-hydrogen) atoms. The summed E-state index contributed by atoms with van der Waals surface area (Å²) in [5, 5.41) is 28.3. The number of benzene rings is 2. The highest BCUT2D eigenvalue weighted by Crippen LogP contribution is 2.42. The van der Waals surface area contributed by atoms with E-state index in [0.717, 1.165) is 5.56 Å². The number of ether oxygens (including phenoxy) is 2. The van der Waals surface area contributed by atoms with Crippen molar-refractivity contribution in [3.8, 4) is 22.8 Å². The molecule has 2 heterocycles. The minimum Gasteiger partial charge on any atom is -0.504 e. The molecule has 1 aliphatic heterocycles. The van der Waals surface area contributed by atoms with E-state index in [1.165, 1.54) is 37.7 Å². The standard InChI is InChI=1S/C26H27N3O6S/c1-14-20(23(32)34-3)22(21(24(33)35-4)26(2,29-14)16-8-6-5-7-9-16)28-25-27-17(13-36-25)15-10-11-18(30)19(31)12-15/h5-13,21-22,29-31H,1-4H3,(H,27,28). The normalized spacial score (nSPS) is 21.4. The third-order valence-corrected chi connectivity index (χ3v) is 7.18. The number of phenolic OH excluding ortho intramolecular Hbond substituents is 2. The average Bonchev–Trinajstić information content (AvgIpc) is 3.34. The number of rotatable bonds is 6. The number of hydrogen-bond donors (Lipinski definition) is 4. The summed E-state index contributed by atoms with van der Waals surface area (Å²) in [4.78, 5) is 30.8. The van der Waals surface area contributed by atoms with Crippen LogP contribution in [-0.2, 0) is 24.6 Å². The van der Waals surface area contributed by atoms with Gasteiger partial charge >= 0.3 is 11.9 Å². The zero-order valence-electron chi connectivity index (χ0n) is 20.2. The van der Waals surface area contributed by atoms with Crippen LogP contribution in [0.1, 0.15) is 19.4 Å². The van der Waals surface area contributed by atoms with Gasteiger partial charge in [0.1, 0.15) is 5.92 Å². The lowest BCUT2D eigenvalue weighted by Crippen LogP contribution is -2.60. The number of esters is 2. The third-order valence-electron chi connectivity index (χ3n) is 6.41. The molecule has 9 nitrogen and oxygen atoms in total. The first-order valence-electron chi connectivity index (χ1n) is 11.1. The van der Waals surface area contributed by atoms with Crippen molar-refractivity contribution in [3.05, 3.63) is 70.7 Å². The predicted octanol–water partition coefficient (Wildman–Crippen LogP) is 3.76. The number of hydrogen-bond acceptors (Lipinski definition) is 10. The molecule has 1 aromatic heterocycles. The predicted molar refractivity (Wildman–Crippen MR) is 135 cm³/mol. The van der Waals surface area contributed by atoms with Crippen LogP contribution in [0.5, 0.6) is 11.5 Å². The lowest BCUT2D eigenvalue weighted by Gasteiger charge is -2.46. The Kier molecular flexibility index (Phi) is 6.89. The number of carbonyl (C=O) groups excluding carboxylic acids is 2. The molecule has 0 fully saturated rings. The van der Waals surface area contributed by atoms with Gasteiger partial charge in [0, 0.05) is 16.6 Å². The minimum absolute atomic E-state index is 0.230. The summed E-state index contributed by atoms with van der Waals surface area (Å²) in [6, 6.07) is 13.1. The molecule has 188 valence electrons. The Morgan fingerprint density at radius 1 is 1.08 bits per heavy atom. The number of allylic oxidation sites excluding steroid dienone is 1. The molecular weight excluding hydrogens is 482 g/mol. The quantitative estimate of drug-likeness (QED) is 0.290. The van der Waals surface area contributed by atoms with E-state index in [4.69, 9.17) is 9.47 Å². The smallest absolute Gasteiger partial charge is 0.337 e. The van der Waals surface area contributed by atoms with E-state index < -0.39 is 29.4 Å². The number of methoxy groups -OCH3 is 2. The molecule has 4 N–H and O–H groups in total. The highest BCUT2D eigenvalue weighted by molar-refractivity contribution is 7.14. The maximum atomic E-state index is 13.3. The van der Waals surface area contributed by atoms with Gasteiger partial charge in [0.25, 0.3) is 0 Å². The van der Waals surface area contributed by atoms with Crippen molar-refractivity contribution >= 4 is 28.4 Å². The number of carbonyl (C=O) groups is 2. The number of nitrogens with zero attached hydrogens (tertiary/aromatic N) is 1. The van der Waals surface area contributed by atoms with Crippen LogP contribution in [0.25, 0.3) is 11.3 Å². The zero-order valence-corrected chi connectivity index (χ0v) is 21.1. The summed E-state index contributed by atoms with van der Waals surface area (Å²) in [5.41, 5.74) is 1.89. The summed E-state index contributed by atoms with van der Waals surface area (Å²) in [7, 11) is 2.60. The third kappa shape index (κ3) is 4.47. The maximum Gasteiger partial charge on any atom is 0.337 e. The van der Waals surface area contributed by atoms with Crippen LogP contribution in [0.15, 0.2) is 65.2 Å². The topological polar surface area (TPSA) is 130 Å². The van der Waals surface area contributed by atoms with Gasteiger partial charge in [-0.1, -0.05) is 30.3 Å².